The molecule has 20 heavy (non-hydrogen) atoms. The van der Waals surface area contributed by atoms with Gasteiger partial charge in [-0.25, -0.2) is 4.39 Å². The van der Waals surface area contributed by atoms with E-state index in [0.717, 1.165) is 12.1 Å². The maximum Gasteiger partial charge on any atom is 0.416 e. The van der Waals surface area contributed by atoms with Crippen molar-refractivity contribution in [2.45, 2.75) is 12.7 Å². The van der Waals surface area contributed by atoms with Gasteiger partial charge in [0, 0.05) is 6.54 Å². The fraction of sp³-hybridized carbons (Fsp3) is 0.143. The molecule has 2 aromatic carbocycles. The summed E-state index contributed by atoms with van der Waals surface area (Å²) in [6.45, 7) is 0.179. The molecule has 0 unspecified atom stereocenters. The van der Waals surface area contributed by atoms with Gasteiger partial charge < -0.3 is 5.32 Å². The van der Waals surface area contributed by atoms with Gasteiger partial charge >= 0.3 is 6.18 Å². The summed E-state index contributed by atoms with van der Waals surface area (Å²) in [5.41, 5.74) is -0.0205. The Kier molecular flexibility index (Phi) is 4.18. The van der Waals surface area contributed by atoms with Crippen LogP contribution in [0.1, 0.15) is 11.1 Å². The lowest BCUT2D eigenvalue weighted by Gasteiger charge is -2.12. The first-order valence-electron chi connectivity index (χ1n) is 5.71. The highest BCUT2D eigenvalue weighted by molar-refractivity contribution is 6.33. The molecule has 0 amide bonds. The molecule has 0 spiro atoms. The van der Waals surface area contributed by atoms with Crippen molar-refractivity contribution in [1.82, 2.24) is 0 Å². The Hall–Kier alpha value is -1.75. The predicted octanol–water partition coefficient (Wildman–Crippen LogP) is 5.11. The third-order valence-corrected chi connectivity index (χ3v) is 3.00. The summed E-state index contributed by atoms with van der Waals surface area (Å²) >= 11 is 5.84. The summed E-state index contributed by atoms with van der Waals surface area (Å²) in [5, 5.41) is 2.95. The molecule has 0 aliphatic rings. The van der Waals surface area contributed by atoms with Crippen LogP contribution in [0.15, 0.2) is 42.5 Å². The van der Waals surface area contributed by atoms with E-state index < -0.39 is 17.6 Å². The molecule has 6 heteroatoms. The first-order valence-corrected chi connectivity index (χ1v) is 6.09. The van der Waals surface area contributed by atoms with Gasteiger partial charge in [-0.1, -0.05) is 23.7 Å². The van der Waals surface area contributed by atoms with E-state index in [1.54, 1.807) is 6.07 Å². The molecule has 0 radical (unpaired) electrons. The smallest absolute Gasteiger partial charge is 0.380 e. The van der Waals surface area contributed by atoms with E-state index >= 15 is 0 Å². The summed E-state index contributed by atoms with van der Waals surface area (Å²) in [4.78, 5) is 0. The van der Waals surface area contributed by atoms with Crippen molar-refractivity contribution < 1.29 is 17.6 Å². The van der Waals surface area contributed by atoms with Crippen LogP contribution in [0.2, 0.25) is 5.02 Å². The second-order valence-electron chi connectivity index (χ2n) is 4.18. The van der Waals surface area contributed by atoms with E-state index in [1.165, 1.54) is 24.3 Å². The number of rotatable bonds is 3. The van der Waals surface area contributed by atoms with Gasteiger partial charge in [-0.05, 0) is 35.9 Å². The zero-order valence-electron chi connectivity index (χ0n) is 10.1. The van der Waals surface area contributed by atoms with Gasteiger partial charge in [-0.15, -0.1) is 0 Å². The van der Waals surface area contributed by atoms with Crippen molar-refractivity contribution in [2.24, 2.45) is 0 Å². The number of hydrogen-bond donors (Lipinski definition) is 1. The van der Waals surface area contributed by atoms with Crippen LogP contribution in [0.4, 0.5) is 23.2 Å². The van der Waals surface area contributed by atoms with Crippen molar-refractivity contribution in [1.29, 1.82) is 0 Å². The van der Waals surface area contributed by atoms with E-state index in [0.29, 0.717) is 5.56 Å². The Morgan fingerprint density at radius 3 is 2.45 bits per heavy atom. The lowest BCUT2D eigenvalue weighted by atomic mass is 10.1. The molecular formula is C14H10ClF4N. The molecule has 0 heterocycles. The molecule has 106 valence electrons. The monoisotopic (exact) mass is 303 g/mol. The number of benzene rings is 2. The van der Waals surface area contributed by atoms with E-state index in [4.69, 9.17) is 11.6 Å². The molecule has 0 aliphatic heterocycles. The minimum absolute atomic E-state index is 0.158. The highest BCUT2D eigenvalue weighted by Gasteiger charge is 2.30. The quantitative estimate of drug-likeness (QED) is 0.777. The van der Waals surface area contributed by atoms with Crippen LogP contribution in [-0.2, 0) is 12.7 Å². The summed E-state index contributed by atoms with van der Waals surface area (Å²) in [7, 11) is 0. The Bertz CT molecular complexity index is 610. The molecule has 0 aromatic heterocycles. The average Bonchev–Trinajstić information content (AvgIpc) is 2.36. The number of nitrogens with one attached hydrogen (secondary N) is 1. The van der Waals surface area contributed by atoms with Crippen molar-refractivity contribution >= 4 is 17.3 Å². The minimum atomic E-state index is -4.43. The maximum atomic E-state index is 13.0. The summed E-state index contributed by atoms with van der Waals surface area (Å²) < 4.78 is 50.8. The Balaban J connectivity index is 2.17. The highest BCUT2D eigenvalue weighted by atomic mass is 35.5. The summed E-state index contributed by atoms with van der Waals surface area (Å²) in [5.74, 6) is -0.403. The standard InChI is InChI=1S/C14H10ClF4N/c15-12-5-4-10(14(17,18)19)7-13(12)20-8-9-2-1-3-11(16)6-9/h1-7,20H,8H2. The zero-order chi connectivity index (χ0) is 14.8. The van der Waals surface area contributed by atoms with Gasteiger partial charge in [0.25, 0.3) is 0 Å². The lowest BCUT2D eigenvalue weighted by Crippen LogP contribution is -2.07. The normalized spacial score (nSPS) is 11.4. The van der Waals surface area contributed by atoms with Crippen molar-refractivity contribution in [2.75, 3.05) is 5.32 Å². The molecule has 0 saturated carbocycles. The molecule has 1 nitrogen and oxygen atoms in total. The highest BCUT2D eigenvalue weighted by Crippen LogP contribution is 2.33. The molecular weight excluding hydrogens is 294 g/mol. The van der Waals surface area contributed by atoms with E-state index in [1.807, 2.05) is 0 Å². The molecule has 0 atom stereocenters. The van der Waals surface area contributed by atoms with Gasteiger partial charge in [0.2, 0.25) is 0 Å². The number of hydrogen-bond acceptors (Lipinski definition) is 1. The molecule has 1 N–H and O–H groups in total. The number of anilines is 1. The van der Waals surface area contributed by atoms with Gasteiger partial charge in [0.1, 0.15) is 5.82 Å². The molecule has 0 fully saturated rings. The number of alkyl halides is 3. The largest absolute Gasteiger partial charge is 0.416 e. The van der Waals surface area contributed by atoms with Crippen LogP contribution in [0.5, 0.6) is 0 Å². The fourth-order valence-electron chi connectivity index (χ4n) is 1.68. The third kappa shape index (κ3) is 3.63. The van der Waals surface area contributed by atoms with Crippen molar-refractivity contribution in [3.8, 4) is 0 Å². The Morgan fingerprint density at radius 1 is 1.05 bits per heavy atom. The third-order valence-electron chi connectivity index (χ3n) is 2.67. The number of halogens is 5. The summed E-state index contributed by atoms with van der Waals surface area (Å²) in [6.07, 6.45) is -4.43. The van der Waals surface area contributed by atoms with E-state index in [-0.39, 0.29) is 17.3 Å². The van der Waals surface area contributed by atoms with Crippen molar-refractivity contribution in [3.63, 3.8) is 0 Å². The van der Waals surface area contributed by atoms with Crippen LogP contribution in [-0.4, -0.2) is 0 Å². The Labute approximate surface area is 118 Å². The van der Waals surface area contributed by atoms with Crippen molar-refractivity contribution in [3.05, 3.63) is 64.4 Å². The van der Waals surface area contributed by atoms with Gasteiger partial charge in [0.15, 0.2) is 0 Å². The van der Waals surface area contributed by atoms with Gasteiger partial charge in [-0.2, -0.15) is 13.2 Å². The Morgan fingerprint density at radius 2 is 1.80 bits per heavy atom. The van der Waals surface area contributed by atoms with E-state index in [9.17, 15) is 17.6 Å². The second-order valence-corrected chi connectivity index (χ2v) is 4.58. The predicted molar refractivity (Wildman–Crippen MR) is 70.2 cm³/mol. The first kappa shape index (κ1) is 14.7. The maximum absolute atomic E-state index is 13.0. The van der Waals surface area contributed by atoms with Gasteiger partial charge in [0.05, 0.1) is 16.3 Å². The van der Waals surface area contributed by atoms with Crippen LogP contribution >= 0.6 is 11.6 Å². The zero-order valence-corrected chi connectivity index (χ0v) is 10.9. The lowest BCUT2D eigenvalue weighted by molar-refractivity contribution is -0.137. The SMILES string of the molecule is Fc1cccc(CNc2cc(C(F)(F)F)ccc2Cl)c1. The van der Waals surface area contributed by atoms with E-state index in [2.05, 4.69) is 5.32 Å². The molecule has 2 rings (SSSR count). The summed E-state index contributed by atoms with van der Waals surface area (Å²) in [6, 6.07) is 8.81. The molecule has 0 aliphatic carbocycles. The fourth-order valence-corrected chi connectivity index (χ4v) is 1.87. The van der Waals surface area contributed by atoms with Gasteiger partial charge in [-0.3, -0.25) is 0 Å². The van der Waals surface area contributed by atoms with Crippen LogP contribution in [0.3, 0.4) is 0 Å². The second kappa shape index (κ2) is 5.71. The van der Waals surface area contributed by atoms with Crippen LogP contribution in [0, 0.1) is 5.82 Å². The topological polar surface area (TPSA) is 12.0 Å². The van der Waals surface area contributed by atoms with Crippen LogP contribution < -0.4 is 5.32 Å². The first-order chi connectivity index (χ1) is 9.36. The molecule has 0 saturated heterocycles. The molecule has 2 aromatic rings. The minimum Gasteiger partial charge on any atom is -0.380 e. The van der Waals surface area contributed by atoms with Crippen LogP contribution in [0.25, 0.3) is 0 Å². The molecule has 0 bridgehead atoms. The average molecular weight is 304 g/mol.